The summed E-state index contributed by atoms with van der Waals surface area (Å²) in [5, 5.41) is 22.0. The number of rotatable bonds is 6. The lowest BCUT2D eigenvalue weighted by Gasteiger charge is -2.15. The highest BCUT2D eigenvalue weighted by Crippen LogP contribution is 2.27. The summed E-state index contributed by atoms with van der Waals surface area (Å²) in [6.07, 6.45) is 0. The molecular formula is C12H19NO3. The predicted molar refractivity (Wildman–Crippen MR) is 62.7 cm³/mol. The van der Waals surface area contributed by atoms with E-state index < -0.39 is 0 Å². The van der Waals surface area contributed by atoms with E-state index in [0.29, 0.717) is 13.2 Å². The van der Waals surface area contributed by atoms with E-state index in [4.69, 9.17) is 9.84 Å². The Morgan fingerprint density at radius 3 is 2.75 bits per heavy atom. The molecule has 0 aromatic heterocycles. The van der Waals surface area contributed by atoms with Crippen LogP contribution in [0.25, 0.3) is 0 Å². The van der Waals surface area contributed by atoms with E-state index in [-0.39, 0.29) is 17.5 Å². The van der Waals surface area contributed by atoms with Crippen molar-refractivity contribution in [2.75, 3.05) is 19.8 Å². The summed E-state index contributed by atoms with van der Waals surface area (Å²) in [6.45, 7) is 6.00. The molecule has 4 nitrogen and oxygen atoms in total. The molecule has 0 radical (unpaired) electrons. The number of hydrogen-bond acceptors (Lipinski definition) is 4. The van der Waals surface area contributed by atoms with Crippen molar-refractivity contribution < 1.29 is 14.9 Å². The molecule has 0 bridgehead atoms. The first-order chi connectivity index (χ1) is 7.65. The normalized spacial score (nSPS) is 12.6. The number of benzene rings is 1. The molecule has 1 unspecified atom stereocenters. The molecular weight excluding hydrogens is 206 g/mol. The molecule has 0 saturated carbocycles. The fraction of sp³-hybridized carbons (Fsp3) is 0.500. The smallest absolute Gasteiger partial charge is 0.124 e. The number of phenolic OH excluding ortho intramolecular Hbond substituents is 2. The standard InChI is InChI=1S/C12H19NO3/c1-3-16-7-6-13-9(2)11-5-4-10(14)8-12(11)15/h4-5,8-9,13-15H,3,6-7H2,1-2H3. The van der Waals surface area contributed by atoms with Crippen LogP contribution < -0.4 is 5.32 Å². The van der Waals surface area contributed by atoms with Gasteiger partial charge in [0.2, 0.25) is 0 Å². The second kappa shape index (κ2) is 6.35. The van der Waals surface area contributed by atoms with Crippen LogP contribution >= 0.6 is 0 Å². The molecule has 3 N–H and O–H groups in total. The van der Waals surface area contributed by atoms with Crippen molar-refractivity contribution in [2.24, 2.45) is 0 Å². The first-order valence-corrected chi connectivity index (χ1v) is 5.48. The van der Waals surface area contributed by atoms with Gasteiger partial charge in [0, 0.05) is 30.8 Å². The Morgan fingerprint density at radius 1 is 1.38 bits per heavy atom. The van der Waals surface area contributed by atoms with Crippen molar-refractivity contribution in [3.8, 4) is 11.5 Å². The van der Waals surface area contributed by atoms with Crippen molar-refractivity contribution in [2.45, 2.75) is 19.9 Å². The summed E-state index contributed by atoms with van der Waals surface area (Å²) in [7, 11) is 0. The fourth-order valence-electron chi connectivity index (χ4n) is 1.50. The van der Waals surface area contributed by atoms with Crippen LogP contribution in [-0.2, 0) is 4.74 Å². The third-order valence-corrected chi connectivity index (χ3v) is 2.38. The Bertz CT molecular complexity index is 328. The monoisotopic (exact) mass is 225 g/mol. The van der Waals surface area contributed by atoms with E-state index in [1.807, 2.05) is 13.8 Å². The minimum absolute atomic E-state index is 0.0288. The highest BCUT2D eigenvalue weighted by atomic mass is 16.5. The maximum atomic E-state index is 9.63. The first-order valence-electron chi connectivity index (χ1n) is 5.48. The van der Waals surface area contributed by atoms with Gasteiger partial charge in [0.1, 0.15) is 11.5 Å². The second-order valence-electron chi connectivity index (χ2n) is 3.62. The summed E-state index contributed by atoms with van der Waals surface area (Å²) in [5.41, 5.74) is 0.772. The Kier molecular flexibility index (Phi) is 5.08. The summed E-state index contributed by atoms with van der Waals surface area (Å²) in [5.74, 6) is 0.180. The fourth-order valence-corrected chi connectivity index (χ4v) is 1.50. The van der Waals surface area contributed by atoms with Crippen molar-refractivity contribution in [1.29, 1.82) is 0 Å². The topological polar surface area (TPSA) is 61.7 Å². The van der Waals surface area contributed by atoms with Crippen molar-refractivity contribution >= 4 is 0 Å². The van der Waals surface area contributed by atoms with E-state index in [2.05, 4.69) is 5.32 Å². The van der Waals surface area contributed by atoms with Gasteiger partial charge in [-0.25, -0.2) is 0 Å². The van der Waals surface area contributed by atoms with E-state index >= 15 is 0 Å². The summed E-state index contributed by atoms with van der Waals surface area (Å²) in [6, 6.07) is 4.65. The lowest BCUT2D eigenvalue weighted by atomic mass is 10.1. The first kappa shape index (κ1) is 12.8. The van der Waals surface area contributed by atoms with Gasteiger partial charge in [-0.15, -0.1) is 0 Å². The molecule has 0 aliphatic carbocycles. The van der Waals surface area contributed by atoms with Crippen LogP contribution in [0.15, 0.2) is 18.2 Å². The van der Waals surface area contributed by atoms with Crippen LogP contribution in [0.2, 0.25) is 0 Å². The molecule has 0 aliphatic heterocycles. The minimum atomic E-state index is 0.0288. The quantitative estimate of drug-likeness (QED) is 0.646. The van der Waals surface area contributed by atoms with Crippen molar-refractivity contribution in [3.63, 3.8) is 0 Å². The van der Waals surface area contributed by atoms with Gasteiger partial charge >= 0.3 is 0 Å². The minimum Gasteiger partial charge on any atom is -0.508 e. The molecule has 16 heavy (non-hydrogen) atoms. The largest absolute Gasteiger partial charge is 0.508 e. The molecule has 0 heterocycles. The molecule has 0 fully saturated rings. The Hall–Kier alpha value is -1.26. The maximum absolute atomic E-state index is 9.63. The second-order valence-corrected chi connectivity index (χ2v) is 3.62. The van der Waals surface area contributed by atoms with Gasteiger partial charge in [0.25, 0.3) is 0 Å². The van der Waals surface area contributed by atoms with Crippen LogP contribution in [0.3, 0.4) is 0 Å². The average Bonchev–Trinajstić information content (AvgIpc) is 2.24. The van der Waals surface area contributed by atoms with E-state index in [1.165, 1.54) is 6.07 Å². The predicted octanol–water partition coefficient (Wildman–Crippen LogP) is 1.78. The molecule has 0 saturated heterocycles. The van der Waals surface area contributed by atoms with Gasteiger partial charge in [-0.1, -0.05) is 6.07 Å². The van der Waals surface area contributed by atoms with Gasteiger partial charge in [-0.2, -0.15) is 0 Å². The zero-order valence-corrected chi connectivity index (χ0v) is 9.73. The van der Waals surface area contributed by atoms with Crippen LogP contribution in [0.5, 0.6) is 11.5 Å². The molecule has 4 heteroatoms. The van der Waals surface area contributed by atoms with Gasteiger partial charge in [0.05, 0.1) is 6.61 Å². The number of phenols is 2. The number of nitrogens with one attached hydrogen (secondary N) is 1. The van der Waals surface area contributed by atoms with Crippen molar-refractivity contribution in [1.82, 2.24) is 5.32 Å². The third kappa shape index (κ3) is 3.72. The van der Waals surface area contributed by atoms with Gasteiger partial charge in [0.15, 0.2) is 0 Å². The molecule has 1 rings (SSSR count). The Balaban J connectivity index is 2.49. The summed E-state index contributed by atoms with van der Waals surface area (Å²) < 4.78 is 5.20. The maximum Gasteiger partial charge on any atom is 0.124 e. The number of aromatic hydroxyl groups is 2. The van der Waals surface area contributed by atoms with Crippen LogP contribution in [-0.4, -0.2) is 30.0 Å². The molecule has 0 aliphatic rings. The highest BCUT2D eigenvalue weighted by molar-refractivity contribution is 5.40. The molecule has 1 aromatic carbocycles. The summed E-state index contributed by atoms with van der Waals surface area (Å²) >= 11 is 0. The number of ether oxygens (including phenoxy) is 1. The molecule has 0 amide bonds. The highest BCUT2D eigenvalue weighted by Gasteiger charge is 2.09. The number of hydrogen-bond donors (Lipinski definition) is 3. The lowest BCUT2D eigenvalue weighted by molar-refractivity contribution is 0.147. The zero-order valence-electron chi connectivity index (χ0n) is 9.73. The van der Waals surface area contributed by atoms with Crippen LogP contribution in [0.1, 0.15) is 25.5 Å². The van der Waals surface area contributed by atoms with Gasteiger partial charge in [-0.05, 0) is 19.9 Å². The third-order valence-electron chi connectivity index (χ3n) is 2.38. The van der Waals surface area contributed by atoms with E-state index in [1.54, 1.807) is 12.1 Å². The van der Waals surface area contributed by atoms with Gasteiger partial charge in [-0.3, -0.25) is 0 Å². The Labute approximate surface area is 95.9 Å². The van der Waals surface area contributed by atoms with Crippen LogP contribution in [0.4, 0.5) is 0 Å². The van der Waals surface area contributed by atoms with Crippen molar-refractivity contribution in [3.05, 3.63) is 23.8 Å². The molecule has 0 spiro atoms. The molecule has 1 aromatic rings. The Morgan fingerprint density at radius 2 is 2.12 bits per heavy atom. The zero-order chi connectivity index (χ0) is 12.0. The van der Waals surface area contributed by atoms with E-state index in [0.717, 1.165) is 12.1 Å². The summed E-state index contributed by atoms with van der Waals surface area (Å²) in [4.78, 5) is 0. The van der Waals surface area contributed by atoms with E-state index in [9.17, 15) is 5.11 Å². The molecule has 90 valence electrons. The lowest BCUT2D eigenvalue weighted by Crippen LogP contribution is -2.23. The average molecular weight is 225 g/mol. The molecule has 1 atom stereocenters. The SMILES string of the molecule is CCOCCNC(C)c1ccc(O)cc1O. The van der Waals surface area contributed by atoms with Gasteiger partial charge < -0.3 is 20.3 Å². The van der Waals surface area contributed by atoms with Crippen LogP contribution in [0, 0.1) is 0 Å².